The maximum Gasteiger partial charge on any atom is -0.0261 e. The number of hydrogen-bond donors (Lipinski definition) is 0. The van der Waals surface area contributed by atoms with Crippen LogP contribution in [0.25, 0.3) is 0 Å². The normalized spacial score (nSPS) is 43.5. The molecule has 0 heterocycles. The molecular formula is C20H36. The lowest BCUT2D eigenvalue weighted by Gasteiger charge is -2.60. The second-order valence-corrected chi connectivity index (χ2v) is 8.41. The maximum absolute atomic E-state index is 2.39. The van der Waals surface area contributed by atoms with Gasteiger partial charge in [0.05, 0.1) is 0 Å². The molecule has 1 spiro atoms. The molecule has 3 aliphatic rings. The van der Waals surface area contributed by atoms with Crippen LogP contribution >= 0.6 is 0 Å². The first-order chi connectivity index (χ1) is 9.79. The summed E-state index contributed by atoms with van der Waals surface area (Å²) in [7, 11) is 0. The lowest BCUT2D eigenvalue weighted by atomic mass is 9.45. The molecule has 0 aromatic rings. The highest BCUT2D eigenvalue weighted by molar-refractivity contribution is 5.05. The van der Waals surface area contributed by atoms with Gasteiger partial charge in [-0.25, -0.2) is 0 Å². The minimum atomic E-state index is 0.832. The maximum atomic E-state index is 2.39. The Labute approximate surface area is 127 Å². The number of fused-ring (bicyclic) bond motifs is 1. The molecule has 0 radical (unpaired) electrons. The van der Waals surface area contributed by atoms with E-state index in [1.54, 1.807) is 51.4 Å². The van der Waals surface area contributed by atoms with Gasteiger partial charge in [0.15, 0.2) is 0 Å². The molecule has 0 saturated heterocycles. The average Bonchev–Trinajstić information content (AvgIpc) is 2.90. The fourth-order valence-corrected chi connectivity index (χ4v) is 6.37. The molecule has 3 aliphatic carbocycles. The molecule has 0 aliphatic heterocycles. The molecule has 0 N–H and O–H groups in total. The summed E-state index contributed by atoms with van der Waals surface area (Å²) in [5, 5.41) is 0. The van der Waals surface area contributed by atoms with E-state index in [0.29, 0.717) is 0 Å². The zero-order valence-electron chi connectivity index (χ0n) is 14.0. The molecule has 3 fully saturated rings. The van der Waals surface area contributed by atoms with Crippen molar-refractivity contribution in [3.8, 4) is 0 Å². The summed E-state index contributed by atoms with van der Waals surface area (Å²) in [6.45, 7) is 4.74. The van der Waals surface area contributed by atoms with Crippen molar-refractivity contribution in [3.05, 3.63) is 0 Å². The largest absolute Gasteiger partial charge is 0.0654 e. The lowest BCUT2D eigenvalue weighted by Crippen LogP contribution is -2.51. The Bertz CT molecular complexity index is 307. The van der Waals surface area contributed by atoms with E-state index in [0.717, 1.165) is 29.1 Å². The van der Waals surface area contributed by atoms with Crippen molar-refractivity contribution < 1.29 is 0 Å². The van der Waals surface area contributed by atoms with Gasteiger partial charge >= 0.3 is 0 Å². The molecule has 0 nitrogen and oxygen atoms in total. The Kier molecular flexibility index (Phi) is 4.78. The standard InChI is InChI=1S/C20H36/c1-3-5-6-11-19-18(8-4-2)15-20(19)13-12-16-9-7-10-17(16)14-20/h16-19H,3-15H2,1-2H3. The average molecular weight is 277 g/mol. The Morgan fingerprint density at radius 3 is 2.50 bits per heavy atom. The van der Waals surface area contributed by atoms with Gasteiger partial charge in [0, 0.05) is 0 Å². The third-order valence-corrected chi connectivity index (χ3v) is 7.30. The highest BCUT2D eigenvalue weighted by atomic mass is 14.6. The summed E-state index contributed by atoms with van der Waals surface area (Å²) in [4.78, 5) is 0. The van der Waals surface area contributed by atoms with Crippen LogP contribution in [-0.4, -0.2) is 0 Å². The molecule has 5 atom stereocenters. The van der Waals surface area contributed by atoms with E-state index in [2.05, 4.69) is 13.8 Å². The van der Waals surface area contributed by atoms with Crippen molar-refractivity contribution in [2.24, 2.45) is 29.1 Å². The summed E-state index contributed by atoms with van der Waals surface area (Å²) in [5.74, 6) is 4.51. The van der Waals surface area contributed by atoms with Crippen LogP contribution in [-0.2, 0) is 0 Å². The van der Waals surface area contributed by atoms with E-state index in [1.807, 2.05) is 0 Å². The van der Waals surface area contributed by atoms with Crippen molar-refractivity contribution in [1.29, 1.82) is 0 Å². The molecule has 0 heteroatoms. The van der Waals surface area contributed by atoms with Gasteiger partial charge in [-0.2, -0.15) is 0 Å². The molecule has 0 aromatic heterocycles. The van der Waals surface area contributed by atoms with Crippen LogP contribution in [0.4, 0.5) is 0 Å². The van der Waals surface area contributed by atoms with Gasteiger partial charge in [0.1, 0.15) is 0 Å². The number of hydrogen-bond acceptors (Lipinski definition) is 0. The van der Waals surface area contributed by atoms with E-state index < -0.39 is 0 Å². The SMILES string of the molecule is CCCCCC1C(CCC)CC12CCC1CCCC1C2. The van der Waals surface area contributed by atoms with Gasteiger partial charge in [0.2, 0.25) is 0 Å². The molecule has 3 rings (SSSR count). The third kappa shape index (κ3) is 2.69. The van der Waals surface area contributed by atoms with Gasteiger partial charge in [-0.15, -0.1) is 0 Å². The van der Waals surface area contributed by atoms with Gasteiger partial charge in [-0.3, -0.25) is 0 Å². The molecule has 5 unspecified atom stereocenters. The lowest BCUT2D eigenvalue weighted by molar-refractivity contribution is -0.103. The highest BCUT2D eigenvalue weighted by Crippen LogP contribution is 2.65. The molecule has 116 valence electrons. The van der Waals surface area contributed by atoms with Crippen molar-refractivity contribution >= 4 is 0 Å². The number of unbranched alkanes of at least 4 members (excludes halogenated alkanes) is 2. The van der Waals surface area contributed by atoms with E-state index in [9.17, 15) is 0 Å². The van der Waals surface area contributed by atoms with Gasteiger partial charge in [-0.05, 0) is 61.2 Å². The Hall–Kier alpha value is 0. The Morgan fingerprint density at radius 1 is 0.850 bits per heavy atom. The molecule has 0 aromatic carbocycles. The summed E-state index contributed by atoms with van der Waals surface area (Å²) < 4.78 is 0. The first-order valence-corrected chi connectivity index (χ1v) is 9.79. The first kappa shape index (κ1) is 14.9. The predicted octanol–water partition coefficient (Wildman–Crippen LogP) is 6.59. The van der Waals surface area contributed by atoms with E-state index >= 15 is 0 Å². The fourth-order valence-electron chi connectivity index (χ4n) is 6.37. The van der Waals surface area contributed by atoms with Crippen LogP contribution in [0.1, 0.15) is 97.3 Å². The van der Waals surface area contributed by atoms with Gasteiger partial charge < -0.3 is 0 Å². The summed E-state index contributed by atoms with van der Waals surface area (Å²) in [6, 6.07) is 0. The van der Waals surface area contributed by atoms with E-state index in [4.69, 9.17) is 0 Å². The monoisotopic (exact) mass is 276 g/mol. The summed E-state index contributed by atoms with van der Waals surface area (Å²) >= 11 is 0. The Morgan fingerprint density at radius 2 is 1.70 bits per heavy atom. The fraction of sp³-hybridized carbons (Fsp3) is 1.00. The zero-order valence-corrected chi connectivity index (χ0v) is 14.0. The van der Waals surface area contributed by atoms with E-state index in [-0.39, 0.29) is 0 Å². The topological polar surface area (TPSA) is 0 Å². The van der Waals surface area contributed by atoms with Crippen LogP contribution < -0.4 is 0 Å². The van der Waals surface area contributed by atoms with Gasteiger partial charge in [0.25, 0.3) is 0 Å². The van der Waals surface area contributed by atoms with Crippen LogP contribution in [0, 0.1) is 29.1 Å². The molecule has 0 amide bonds. The van der Waals surface area contributed by atoms with Crippen molar-refractivity contribution in [1.82, 2.24) is 0 Å². The summed E-state index contributed by atoms with van der Waals surface area (Å²) in [6.07, 6.45) is 20.0. The van der Waals surface area contributed by atoms with Crippen LogP contribution in [0.5, 0.6) is 0 Å². The minimum absolute atomic E-state index is 0.832. The first-order valence-electron chi connectivity index (χ1n) is 9.79. The summed E-state index contributed by atoms with van der Waals surface area (Å²) in [5.41, 5.74) is 0.832. The second kappa shape index (κ2) is 6.41. The molecule has 3 saturated carbocycles. The van der Waals surface area contributed by atoms with E-state index in [1.165, 1.54) is 32.1 Å². The van der Waals surface area contributed by atoms with Crippen molar-refractivity contribution in [2.45, 2.75) is 97.3 Å². The Balaban J connectivity index is 1.61. The smallest absolute Gasteiger partial charge is 0.0261 e. The van der Waals surface area contributed by atoms with Crippen molar-refractivity contribution in [2.75, 3.05) is 0 Å². The molecule has 20 heavy (non-hydrogen) atoms. The van der Waals surface area contributed by atoms with Crippen LogP contribution in [0.2, 0.25) is 0 Å². The second-order valence-electron chi connectivity index (χ2n) is 8.41. The minimum Gasteiger partial charge on any atom is -0.0654 e. The number of rotatable bonds is 6. The highest BCUT2D eigenvalue weighted by Gasteiger charge is 2.55. The third-order valence-electron chi connectivity index (χ3n) is 7.30. The van der Waals surface area contributed by atoms with Crippen molar-refractivity contribution in [3.63, 3.8) is 0 Å². The zero-order chi connectivity index (χ0) is 14.0. The quantitative estimate of drug-likeness (QED) is 0.480. The molecular weight excluding hydrogens is 240 g/mol. The van der Waals surface area contributed by atoms with Crippen LogP contribution in [0.3, 0.4) is 0 Å². The van der Waals surface area contributed by atoms with Crippen LogP contribution in [0.15, 0.2) is 0 Å². The predicted molar refractivity (Wildman–Crippen MR) is 87.8 cm³/mol. The van der Waals surface area contributed by atoms with Gasteiger partial charge in [-0.1, -0.05) is 65.2 Å². The molecule has 0 bridgehead atoms.